The third kappa shape index (κ3) is 1.47. The highest BCUT2D eigenvalue weighted by Crippen LogP contribution is 1.98. The van der Waals surface area contributed by atoms with Gasteiger partial charge in [-0.25, -0.2) is 0 Å². The van der Waals surface area contributed by atoms with Crippen LogP contribution in [0.5, 0.6) is 0 Å². The SMILES string of the molecule is Ic1[c-]cccc1. The van der Waals surface area contributed by atoms with E-state index in [-0.39, 0.29) is 0 Å². The molecule has 0 aliphatic rings. The lowest BCUT2D eigenvalue weighted by Gasteiger charge is -1.91. The molecule has 1 rings (SSSR count). The van der Waals surface area contributed by atoms with Gasteiger partial charge in [-0.05, 0) is 0 Å². The lowest BCUT2D eigenvalue weighted by molar-refractivity contribution is 1.63. The van der Waals surface area contributed by atoms with Crippen molar-refractivity contribution in [2.45, 2.75) is 0 Å². The van der Waals surface area contributed by atoms with E-state index in [1.54, 1.807) is 0 Å². The summed E-state index contributed by atoms with van der Waals surface area (Å²) in [5, 5.41) is 0. The van der Waals surface area contributed by atoms with Crippen molar-refractivity contribution >= 4 is 22.6 Å². The quantitative estimate of drug-likeness (QED) is 0.447. The molecule has 0 amide bonds. The van der Waals surface area contributed by atoms with Gasteiger partial charge >= 0.3 is 0 Å². The fourth-order valence-corrected chi connectivity index (χ4v) is 0.759. The van der Waals surface area contributed by atoms with E-state index in [0.717, 1.165) is 0 Å². The largest absolute Gasteiger partial charge is 0.176 e. The van der Waals surface area contributed by atoms with Gasteiger partial charge in [-0.2, -0.15) is 30.3 Å². The van der Waals surface area contributed by atoms with Gasteiger partial charge in [-0.3, -0.25) is 0 Å². The van der Waals surface area contributed by atoms with E-state index in [4.69, 9.17) is 0 Å². The summed E-state index contributed by atoms with van der Waals surface area (Å²) in [4.78, 5) is 0. The molecule has 0 aromatic heterocycles. The second kappa shape index (κ2) is 2.31. The molecule has 0 radical (unpaired) electrons. The van der Waals surface area contributed by atoms with E-state index >= 15 is 0 Å². The molecule has 0 spiro atoms. The molecule has 0 N–H and O–H groups in total. The van der Waals surface area contributed by atoms with Gasteiger partial charge < -0.3 is 0 Å². The van der Waals surface area contributed by atoms with Crippen LogP contribution in [-0.4, -0.2) is 0 Å². The molecule has 0 saturated heterocycles. The summed E-state index contributed by atoms with van der Waals surface area (Å²) >= 11 is 2.22. The molecule has 0 nitrogen and oxygen atoms in total. The number of hydrogen-bond acceptors (Lipinski definition) is 0. The van der Waals surface area contributed by atoms with Gasteiger partial charge in [0.05, 0.1) is 0 Å². The van der Waals surface area contributed by atoms with Crippen LogP contribution >= 0.6 is 22.6 Å². The fraction of sp³-hybridized carbons (Fsp3) is 0. The first-order valence-electron chi connectivity index (χ1n) is 2.02. The summed E-state index contributed by atoms with van der Waals surface area (Å²) in [5.41, 5.74) is 0. The second-order valence-corrected chi connectivity index (χ2v) is 2.37. The van der Waals surface area contributed by atoms with Crippen molar-refractivity contribution < 1.29 is 0 Å². The van der Waals surface area contributed by atoms with E-state index in [2.05, 4.69) is 28.7 Å². The summed E-state index contributed by atoms with van der Waals surface area (Å²) in [7, 11) is 0. The third-order valence-corrected chi connectivity index (χ3v) is 1.34. The first-order valence-corrected chi connectivity index (χ1v) is 3.10. The van der Waals surface area contributed by atoms with Crippen LogP contribution < -0.4 is 0 Å². The monoisotopic (exact) mass is 203 g/mol. The molecule has 0 fully saturated rings. The standard InChI is InChI=1S/C6H4I/c7-6-4-2-1-3-5-6/h1-4H/q-1. The Morgan fingerprint density at radius 1 is 1.43 bits per heavy atom. The molecule has 0 aliphatic heterocycles. The molecular weight excluding hydrogens is 199 g/mol. The maximum atomic E-state index is 3.02. The van der Waals surface area contributed by atoms with Crippen LogP contribution in [0.4, 0.5) is 0 Å². The van der Waals surface area contributed by atoms with E-state index in [1.807, 2.05) is 24.3 Å². The molecule has 1 aromatic carbocycles. The predicted molar refractivity (Wildman–Crippen MR) is 38.0 cm³/mol. The second-order valence-electron chi connectivity index (χ2n) is 1.21. The first kappa shape index (κ1) is 5.09. The van der Waals surface area contributed by atoms with Crippen LogP contribution in [-0.2, 0) is 0 Å². The van der Waals surface area contributed by atoms with Crippen LogP contribution in [0.3, 0.4) is 0 Å². The van der Waals surface area contributed by atoms with Gasteiger partial charge in [-0.1, -0.05) is 22.6 Å². The van der Waals surface area contributed by atoms with Crippen molar-refractivity contribution in [3.05, 3.63) is 33.9 Å². The maximum Gasteiger partial charge on any atom is -0.0739 e. The van der Waals surface area contributed by atoms with Crippen LogP contribution in [0.2, 0.25) is 0 Å². The summed E-state index contributed by atoms with van der Waals surface area (Å²) in [6, 6.07) is 10.9. The molecule has 0 bridgehead atoms. The van der Waals surface area contributed by atoms with Crippen molar-refractivity contribution in [3.8, 4) is 0 Å². The summed E-state index contributed by atoms with van der Waals surface area (Å²) in [6.07, 6.45) is 0. The summed E-state index contributed by atoms with van der Waals surface area (Å²) < 4.78 is 1.17. The Kier molecular flexibility index (Phi) is 1.68. The zero-order valence-corrected chi connectivity index (χ0v) is 5.84. The first-order chi connectivity index (χ1) is 3.39. The highest BCUT2D eigenvalue weighted by Gasteiger charge is 1.63. The van der Waals surface area contributed by atoms with Gasteiger partial charge in [0.2, 0.25) is 0 Å². The van der Waals surface area contributed by atoms with E-state index < -0.39 is 0 Å². The summed E-state index contributed by atoms with van der Waals surface area (Å²) in [6.45, 7) is 0. The highest BCUT2D eigenvalue weighted by molar-refractivity contribution is 14.1. The molecule has 0 aliphatic carbocycles. The molecule has 7 heavy (non-hydrogen) atoms. The molecule has 0 atom stereocenters. The Balaban J connectivity index is 3.02. The van der Waals surface area contributed by atoms with Gasteiger partial charge in [0.15, 0.2) is 0 Å². The van der Waals surface area contributed by atoms with Crippen molar-refractivity contribution in [1.82, 2.24) is 0 Å². The van der Waals surface area contributed by atoms with E-state index in [0.29, 0.717) is 0 Å². The Labute approximate surface area is 56.7 Å². The fourth-order valence-electron chi connectivity index (χ4n) is 0.371. The van der Waals surface area contributed by atoms with E-state index in [1.165, 1.54) is 3.57 Å². The molecule has 0 heterocycles. The van der Waals surface area contributed by atoms with Gasteiger partial charge in [0.1, 0.15) is 0 Å². The zero-order valence-electron chi connectivity index (χ0n) is 3.69. The topological polar surface area (TPSA) is 0 Å². The van der Waals surface area contributed by atoms with Crippen LogP contribution in [0.25, 0.3) is 0 Å². The Morgan fingerprint density at radius 2 is 2.29 bits per heavy atom. The number of rotatable bonds is 0. The van der Waals surface area contributed by atoms with Gasteiger partial charge in [0.25, 0.3) is 0 Å². The Morgan fingerprint density at radius 3 is 2.57 bits per heavy atom. The number of halogens is 1. The minimum absolute atomic E-state index is 1.17. The number of hydrogen-bond donors (Lipinski definition) is 0. The molecule has 1 aromatic rings. The third-order valence-electron chi connectivity index (χ3n) is 0.671. The normalized spacial score (nSPS) is 8.71. The summed E-state index contributed by atoms with van der Waals surface area (Å²) in [5.74, 6) is 0. The van der Waals surface area contributed by atoms with Gasteiger partial charge in [0, 0.05) is 0 Å². The maximum absolute atomic E-state index is 3.02. The van der Waals surface area contributed by atoms with Crippen molar-refractivity contribution in [2.24, 2.45) is 0 Å². The lowest BCUT2D eigenvalue weighted by Crippen LogP contribution is -1.62. The number of benzene rings is 1. The van der Waals surface area contributed by atoms with Crippen LogP contribution in [0, 0.1) is 9.64 Å². The minimum Gasteiger partial charge on any atom is -0.176 e. The highest BCUT2D eigenvalue weighted by atomic mass is 127. The molecule has 0 saturated carbocycles. The molecule has 0 unspecified atom stereocenters. The van der Waals surface area contributed by atoms with Gasteiger partial charge in [-0.15, -0.1) is 3.57 Å². The molecule has 36 valence electrons. The smallest absolute Gasteiger partial charge is 0.0739 e. The lowest BCUT2D eigenvalue weighted by atomic mass is 10.4. The van der Waals surface area contributed by atoms with Crippen LogP contribution in [0.15, 0.2) is 24.3 Å². The zero-order chi connectivity index (χ0) is 5.11. The molecular formula is C6H4I-. The van der Waals surface area contributed by atoms with E-state index in [9.17, 15) is 0 Å². The average molecular weight is 203 g/mol. The Bertz CT molecular complexity index is 134. The van der Waals surface area contributed by atoms with Crippen LogP contribution in [0.1, 0.15) is 0 Å². The predicted octanol–water partition coefficient (Wildman–Crippen LogP) is 2.09. The minimum atomic E-state index is 1.17. The average Bonchev–Trinajstić information content (AvgIpc) is 1.69. The van der Waals surface area contributed by atoms with Crippen molar-refractivity contribution in [2.75, 3.05) is 0 Å². The van der Waals surface area contributed by atoms with Crippen molar-refractivity contribution in [1.29, 1.82) is 0 Å². The Hall–Kier alpha value is -0.0500. The molecule has 1 heteroatoms. The van der Waals surface area contributed by atoms with Crippen molar-refractivity contribution in [3.63, 3.8) is 0 Å².